The van der Waals surface area contributed by atoms with Crippen LogP contribution in [0.1, 0.15) is 89.9 Å². The first kappa shape index (κ1) is 30.7. The minimum absolute atomic E-state index is 0.0176. The van der Waals surface area contributed by atoms with E-state index in [1.807, 2.05) is 36.4 Å². The van der Waals surface area contributed by atoms with Crippen molar-refractivity contribution >= 4 is 24.1 Å². The average molecular weight is 553 g/mol. The van der Waals surface area contributed by atoms with Gasteiger partial charge in [-0.3, -0.25) is 9.69 Å². The maximum atomic E-state index is 13.7. The van der Waals surface area contributed by atoms with Crippen LogP contribution in [0.5, 0.6) is 0 Å². The smallest absolute Gasteiger partial charge is 0.419 e. The largest absolute Gasteiger partial charge is 0.443 e. The lowest BCUT2D eigenvalue weighted by Crippen LogP contribution is -2.49. The molecule has 40 heavy (non-hydrogen) atoms. The number of ether oxygens (including phenoxy) is 3. The quantitative estimate of drug-likeness (QED) is 0.220. The summed E-state index contributed by atoms with van der Waals surface area (Å²) < 4.78 is 16.6. The third kappa shape index (κ3) is 7.61. The second-order valence-electron chi connectivity index (χ2n) is 12.1. The van der Waals surface area contributed by atoms with E-state index in [-0.39, 0.29) is 18.9 Å². The van der Waals surface area contributed by atoms with Gasteiger partial charge in [-0.05, 0) is 79.9 Å². The van der Waals surface area contributed by atoms with Crippen molar-refractivity contribution < 1.29 is 33.4 Å². The minimum atomic E-state index is -1.27. The molecule has 1 aliphatic rings. The first-order valence-corrected chi connectivity index (χ1v) is 13.5. The first-order chi connectivity index (χ1) is 18.6. The summed E-state index contributed by atoms with van der Waals surface area (Å²) in [6.45, 7) is 12.0. The number of carbonyl (C=O) groups excluding carboxylic acids is 4. The van der Waals surface area contributed by atoms with E-state index in [0.29, 0.717) is 24.0 Å². The second-order valence-corrected chi connectivity index (χ2v) is 12.1. The summed E-state index contributed by atoms with van der Waals surface area (Å²) >= 11 is 0. The molecule has 1 heterocycles. The van der Waals surface area contributed by atoms with Gasteiger partial charge in [-0.1, -0.05) is 48.5 Å². The van der Waals surface area contributed by atoms with Gasteiger partial charge in [0.25, 0.3) is 5.91 Å². The standard InChI is InChI=1S/C31H40N2O7/c1-29(2,3)39-27(36)32(28(37)40-30(4,5)6)21-15-14-20-31(7)26(35)38-25(23-18-12-9-13-19-23)33(31)24(34)22-16-10-8-11-17-22/h8-13,16-19,25H,14-15,20-21H2,1-7H3/t25-,31+/m0/s1. The summed E-state index contributed by atoms with van der Waals surface area (Å²) in [4.78, 5) is 55.1. The Morgan fingerprint density at radius 2 is 1.35 bits per heavy atom. The molecular formula is C31H40N2O7. The molecule has 0 saturated carbocycles. The van der Waals surface area contributed by atoms with Crippen LogP contribution in [-0.4, -0.2) is 57.1 Å². The number of benzene rings is 2. The van der Waals surface area contributed by atoms with Gasteiger partial charge in [0.15, 0.2) is 0 Å². The molecule has 0 unspecified atom stereocenters. The van der Waals surface area contributed by atoms with E-state index in [0.717, 1.165) is 4.90 Å². The Morgan fingerprint density at radius 1 is 0.850 bits per heavy atom. The zero-order valence-electron chi connectivity index (χ0n) is 24.4. The number of carbonyl (C=O) groups is 4. The molecule has 0 bridgehead atoms. The van der Waals surface area contributed by atoms with Crippen molar-refractivity contribution in [2.24, 2.45) is 0 Å². The van der Waals surface area contributed by atoms with Crippen LogP contribution in [0.25, 0.3) is 0 Å². The van der Waals surface area contributed by atoms with E-state index >= 15 is 0 Å². The molecule has 1 saturated heterocycles. The number of cyclic esters (lactones) is 1. The predicted octanol–water partition coefficient (Wildman–Crippen LogP) is 6.49. The summed E-state index contributed by atoms with van der Waals surface area (Å²) in [7, 11) is 0. The molecule has 0 N–H and O–H groups in total. The van der Waals surface area contributed by atoms with Crippen molar-refractivity contribution in [3.63, 3.8) is 0 Å². The third-order valence-corrected chi connectivity index (χ3v) is 6.27. The van der Waals surface area contributed by atoms with Gasteiger partial charge >= 0.3 is 18.2 Å². The van der Waals surface area contributed by atoms with Gasteiger partial charge < -0.3 is 14.2 Å². The zero-order valence-corrected chi connectivity index (χ0v) is 24.4. The lowest BCUT2D eigenvalue weighted by molar-refractivity contribution is -0.145. The van der Waals surface area contributed by atoms with Gasteiger partial charge in [-0.25, -0.2) is 19.3 Å². The molecule has 0 aliphatic carbocycles. The topological polar surface area (TPSA) is 102 Å². The molecule has 9 heteroatoms. The van der Waals surface area contributed by atoms with Crippen LogP contribution in [0.15, 0.2) is 60.7 Å². The van der Waals surface area contributed by atoms with Crippen LogP contribution in [0, 0.1) is 0 Å². The number of imide groups is 1. The Hall–Kier alpha value is -3.88. The molecule has 3 amide bonds. The maximum Gasteiger partial charge on any atom is 0.419 e. The van der Waals surface area contributed by atoms with Gasteiger partial charge in [-0.15, -0.1) is 0 Å². The summed E-state index contributed by atoms with van der Waals surface area (Å²) in [5.74, 6) is -0.839. The van der Waals surface area contributed by atoms with E-state index in [2.05, 4.69) is 0 Å². The molecule has 2 atom stereocenters. The van der Waals surface area contributed by atoms with Crippen molar-refractivity contribution in [1.82, 2.24) is 9.80 Å². The maximum absolute atomic E-state index is 13.7. The Balaban J connectivity index is 1.80. The first-order valence-electron chi connectivity index (χ1n) is 13.5. The molecule has 3 rings (SSSR count). The van der Waals surface area contributed by atoms with Crippen LogP contribution in [0.4, 0.5) is 9.59 Å². The number of amides is 3. The van der Waals surface area contributed by atoms with Crippen molar-refractivity contribution in [1.29, 1.82) is 0 Å². The molecule has 1 fully saturated rings. The summed E-state index contributed by atoms with van der Waals surface area (Å²) in [6, 6.07) is 17.9. The monoisotopic (exact) mass is 552 g/mol. The molecule has 0 aromatic heterocycles. The fourth-order valence-electron chi connectivity index (χ4n) is 4.38. The van der Waals surface area contributed by atoms with E-state index in [9.17, 15) is 19.2 Å². The van der Waals surface area contributed by atoms with E-state index < -0.39 is 41.1 Å². The summed E-state index contributed by atoms with van der Waals surface area (Å²) in [6.07, 6.45) is -1.48. The Labute approximate surface area is 236 Å². The minimum Gasteiger partial charge on any atom is -0.443 e. The van der Waals surface area contributed by atoms with Crippen molar-refractivity contribution in [2.75, 3.05) is 6.54 Å². The van der Waals surface area contributed by atoms with Crippen LogP contribution >= 0.6 is 0 Å². The van der Waals surface area contributed by atoms with E-state index in [4.69, 9.17) is 14.2 Å². The molecule has 216 valence electrons. The van der Waals surface area contributed by atoms with E-state index in [1.165, 1.54) is 4.90 Å². The fourth-order valence-corrected chi connectivity index (χ4v) is 4.38. The molecular weight excluding hydrogens is 512 g/mol. The zero-order chi connectivity index (χ0) is 29.7. The van der Waals surface area contributed by atoms with Gasteiger partial charge in [0.2, 0.25) is 6.23 Å². The predicted molar refractivity (Wildman–Crippen MR) is 149 cm³/mol. The SMILES string of the molecule is CC(C)(C)OC(=O)N(CCCC[C@]1(C)C(=O)O[C@@H](c2ccccc2)N1C(=O)c1ccccc1)C(=O)OC(C)(C)C. The highest BCUT2D eigenvalue weighted by Gasteiger charge is 2.54. The number of rotatable bonds is 7. The lowest BCUT2D eigenvalue weighted by Gasteiger charge is -2.34. The highest BCUT2D eigenvalue weighted by atomic mass is 16.6. The molecule has 0 radical (unpaired) electrons. The van der Waals surface area contributed by atoms with Gasteiger partial charge in [0.05, 0.1) is 0 Å². The second kappa shape index (κ2) is 12.1. The lowest BCUT2D eigenvalue weighted by atomic mass is 9.92. The average Bonchev–Trinajstić information content (AvgIpc) is 3.12. The number of hydrogen-bond donors (Lipinski definition) is 0. The molecule has 9 nitrogen and oxygen atoms in total. The third-order valence-electron chi connectivity index (χ3n) is 6.27. The summed E-state index contributed by atoms with van der Waals surface area (Å²) in [5.41, 5.74) is -1.75. The molecule has 0 spiro atoms. The summed E-state index contributed by atoms with van der Waals surface area (Å²) in [5, 5.41) is 0. The highest BCUT2D eigenvalue weighted by Crippen LogP contribution is 2.42. The normalized spacial score (nSPS) is 19.1. The Morgan fingerprint density at radius 3 is 1.85 bits per heavy atom. The van der Waals surface area contributed by atoms with Gasteiger partial charge in [0, 0.05) is 17.7 Å². The molecule has 2 aromatic rings. The van der Waals surface area contributed by atoms with Crippen LogP contribution < -0.4 is 0 Å². The van der Waals surface area contributed by atoms with Crippen molar-refractivity contribution in [3.8, 4) is 0 Å². The molecule has 2 aromatic carbocycles. The van der Waals surface area contributed by atoms with Crippen LogP contribution in [0.2, 0.25) is 0 Å². The van der Waals surface area contributed by atoms with Crippen LogP contribution in [0.3, 0.4) is 0 Å². The fraction of sp³-hybridized carbons (Fsp3) is 0.484. The van der Waals surface area contributed by atoms with Crippen molar-refractivity contribution in [2.45, 2.75) is 90.7 Å². The number of nitrogens with zero attached hydrogens (tertiary/aromatic N) is 2. The number of hydrogen-bond acceptors (Lipinski definition) is 7. The molecule has 1 aliphatic heterocycles. The number of esters is 1. The van der Waals surface area contributed by atoms with Gasteiger partial charge in [-0.2, -0.15) is 0 Å². The highest BCUT2D eigenvalue weighted by molar-refractivity contribution is 5.99. The Kier molecular flexibility index (Phi) is 9.28. The van der Waals surface area contributed by atoms with E-state index in [1.54, 1.807) is 72.7 Å². The Bertz CT molecular complexity index is 1170. The van der Waals surface area contributed by atoms with Gasteiger partial charge in [0.1, 0.15) is 16.7 Å². The van der Waals surface area contributed by atoms with Crippen molar-refractivity contribution in [3.05, 3.63) is 71.8 Å². The number of unbranched alkanes of at least 4 members (excludes halogenated alkanes) is 1. The van der Waals surface area contributed by atoms with Crippen LogP contribution in [-0.2, 0) is 19.0 Å².